The van der Waals surface area contributed by atoms with Crippen molar-refractivity contribution in [3.63, 3.8) is 0 Å². The van der Waals surface area contributed by atoms with E-state index in [1.165, 1.54) is 29.8 Å². The first-order valence-corrected chi connectivity index (χ1v) is 12.6. The van der Waals surface area contributed by atoms with Gasteiger partial charge in [0.25, 0.3) is 0 Å². The van der Waals surface area contributed by atoms with Gasteiger partial charge >= 0.3 is 11.9 Å². The number of thioether (sulfide) groups is 1. The maximum absolute atomic E-state index is 13.3. The lowest BCUT2D eigenvalue weighted by molar-refractivity contribution is -0.163. The van der Waals surface area contributed by atoms with Crippen LogP contribution in [0.3, 0.4) is 0 Å². The Kier molecular flexibility index (Phi) is 7.93. The van der Waals surface area contributed by atoms with Crippen LogP contribution < -0.4 is 10.6 Å². The molecule has 1 aromatic carbocycles. The van der Waals surface area contributed by atoms with Crippen molar-refractivity contribution >= 4 is 58.1 Å². The normalized spacial score (nSPS) is 24.3. The van der Waals surface area contributed by atoms with Gasteiger partial charge < -0.3 is 25.0 Å². The molecule has 9 nitrogen and oxygen atoms in total. The van der Waals surface area contributed by atoms with Crippen LogP contribution in [0.1, 0.15) is 32.4 Å². The number of allylic oxidation sites excluding steroid dienone is 1. The van der Waals surface area contributed by atoms with E-state index in [0.29, 0.717) is 11.3 Å². The standard InChI is InChI=1S/C22H26IN3O6S/c1-12(10-14(27)31-4)24-15(13-8-6-5-7-9-13)18(28)25-16-19(29)26-17(21(30)32-11-23)22(2,3)33-20(16)26/h5-10,15-17,20,24H,11H2,1-4H3,(H,25,28)/t15?,16-,17+,20-/m1/s1. The largest absolute Gasteiger partial charge is 0.466 e. The van der Waals surface area contributed by atoms with E-state index in [0.717, 1.165) is 0 Å². The predicted octanol–water partition coefficient (Wildman–Crippen LogP) is 1.88. The number of esters is 2. The van der Waals surface area contributed by atoms with E-state index in [4.69, 9.17) is 4.74 Å². The molecule has 1 unspecified atom stereocenters. The quantitative estimate of drug-likeness (QED) is 0.156. The summed E-state index contributed by atoms with van der Waals surface area (Å²) in [6, 6.07) is 6.66. The van der Waals surface area contributed by atoms with E-state index in [1.807, 2.05) is 42.5 Å². The van der Waals surface area contributed by atoms with Gasteiger partial charge in [-0.05, 0) is 48.9 Å². The van der Waals surface area contributed by atoms with Crippen LogP contribution in [0.25, 0.3) is 0 Å². The Morgan fingerprint density at radius 3 is 2.55 bits per heavy atom. The Morgan fingerprint density at radius 2 is 1.94 bits per heavy atom. The van der Waals surface area contributed by atoms with Gasteiger partial charge in [-0.15, -0.1) is 11.8 Å². The number of benzene rings is 1. The second-order valence-electron chi connectivity index (χ2n) is 8.16. The number of nitrogens with one attached hydrogen (secondary N) is 2. The fourth-order valence-corrected chi connectivity index (χ4v) is 5.87. The Hall–Kier alpha value is -2.28. The fourth-order valence-electron chi connectivity index (χ4n) is 3.95. The molecule has 33 heavy (non-hydrogen) atoms. The third kappa shape index (κ3) is 5.29. The van der Waals surface area contributed by atoms with Crippen LogP contribution in [0, 0.1) is 0 Å². The van der Waals surface area contributed by atoms with Crippen molar-refractivity contribution in [1.82, 2.24) is 15.5 Å². The summed E-state index contributed by atoms with van der Waals surface area (Å²) in [6.45, 7) is 5.42. The minimum absolute atomic E-state index is 0.198. The first-order chi connectivity index (χ1) is 15.6. The molecule has 2 saturated heterocycles. The molecule has 0 radical (unpaired) electrons. The molecule has 2 aliphatic rings. The molecule has 0 aromatic heterocycles. The number of methoxy groups -OCH3 is 1. The van der Waals surface area contributed by atoms with Gasteiger partial charge in [-0.2, -0.15) is 0 Å². The van der Waals surface area contributed by atoms with Crippen molar-refractivity contribution < 1.29 is 28.7 Å². The minimum Gasteiger partial charge on any atom is -0.466 e. The zero-order chi connectivity index (χ0) is 24.3. The number of alkyl halides is 1. The third-order valence-corrected chi connectivity index (χ3v) is 7.34. The summed E-state index contributed by atoms with van der Waals surface area (Å²) in [7, 11) is 1.27. The molecule has 11 heteroatoms. The van der Waals surface area contributed by atoms with Crippen molar-refractivity contribution in [2.45, 2.75) is 49.0 Å². The zero-order valence-corrected chi connectivity index (χ0v) is 21.6. The van der Waals surface area contributed by atoms with Gasteiger partial charge in [0.1, 0.15) is 28.1 Å². The van der Waals surface area contributed by atoms with Gasteiger partial charge in [-0.25, -0.2) is 9.59 Å². The van der Waals surface area contributed by atoms with Crippen LogP contribution in [-0.4, -0.2) is 62.6 Å². The van der Waals surface area contributed by atoms with Crippen LogP contribution in [0.15, 0.2) is 42.1 Å². The molecule has 0 aliphatic carbocycles. The van der Waals surface area contributed by atoms with Gasteiger partial charge in [0.05, 0.1) is 7.11 Å². The average Bonchev–Trinajstić information content (AvgIpc) is 3.04. The molecule has 0 saturated carbocycles. The van der Waals surface area contributed by atoms with Crippen LogP contribution in [0.5, 0.6) is 0 Å². The second-order valence-corrected chi connectivity index (χ2v) is 10.6. The molecule has 2 amide bonds. The number of hydrogen-bond acceptors (Lipinski definition) is 8. The predicted molar refractivity (Wildman–Crippen MR) is 131 cm³/mol. The first kappa shape index (κ1) is 25.3. The molecule has 0 bridgehead atoms. The van der Waals surface area contributed by atoms with E-state index in [-0.39, 0.29) is 15.9 Å². The van der Waals surface area contributed by atoms with Crippen molar-refractivity contribution in [3.8, 4) is 0 Å². The number of nitrogens with zero attached hydrogens (tertiary/aromatic N) is 1. The van der Waals surface area contributed by atoms with Crippen LogP contribution in [0.2, 0.25) is 0 Å². The van der Waals surface area contributed by atoms with Gasteiger partial charge in [0.15, 0.2) is 0 Å². The number of β-lactam (4-membered cyclic amide) rings is 1. The Labute approximate surface area is 210 Å². The number of halogens is 1. The van der Waals surface area contributed by atoms with E-state index in [9.17, 15) is 19.2 Å². The summed E-state index contributed by atoms with van der Waals surface area (Å²) in [4.78, 5) is 51.8. The summed E-state index contributed by atoms with van der Waals surface area (Å²) in [5.74, 6) is -1.75. The average molecular weight is 587 g/mol. The topological polar surface area (TPSA) is 114 Å². The van der Waals surface area contributed by atoms with Gasteiger partial charge in [0, 0.05) is 16.5 Å². The fraction of sp³-hybridized carbons (Fsp3) is 0.455. The van der Waals surface area contributed by atoms with Crippen LogP contribution in [0.4, 0.5) is 0 Å². The molecule has 4 atom stereocenters. The Morgan fingerprint density at radius 1 is 1.27 bits per heavy atom. The third-order valence-electron chi connectivity index (χ3n) is 5.46. The van der Waals surface area contributed by atoms with Gasteiger partial charge in [-0.3, -0.25) is 9.59 Å². The molecule has 1 aromatic rings. The Balaban J connectivity index is 1.78. The summed E-state index contributed by atoms with van der Waals surface area (Å²) >= 11 is 3.40. The smallest absolute Gasteiger partial charge is 0.332 e. The molecule has 0 spiro atoms. The van der Waals surface area contributed by atoms with E-state index in [2.05, 4.69) is 15.4 Å². The van der Waals surface area contributed by atoms with Crippen molar-refractivity contribution in [3.05, 3.63) is 47.7 Å². The van der Waals surface area contributed by atoms with Crippen LogP contribution >= 0.6 is 34.4 Å². The van der Waals surface area contributed by atoms with Crippen molar-refractivity contribution in [2.24, 2.45) is 0 Å². The highest BCUT2D eigenvalue weighted by Crippen LogP contribution is 2.51. The highest BCUT2D eigenvalue weighted by Gasteiger charge is 2.64. The number of amides is 2. The van der Waals surface area contributed by atoms with Crippen molar-refractivity contribution in [2.75, 3.05) is 11.7 Å². The first-order valence-electron chi connectivity index (χ1n) is 10.2. The highest BCUT2D eigenvalue weighted by atomic mass is 127. The van der Waals surface area contributed by atoms with E-state index in [1.54, 1.807) is 31.2 Å². The van der Waals surface area contributed by atoms with Gasteiger partial charge in [0.2, 0.25) is 11.8 Å². The summed E-state index contributed by atoms with van der Waals surface area (Å²) < 4.78 is 9.44. The Bertz CT molecular complexity index is 970. The molecular weight excluding hydrogens is 561 g/mol. The highest BCUT2D eigenvalue weighted by molar-refractivity contribution is 14.1. The maximum Gasteiger partial charge on any atom is 0.332 e. The number of carbonyl (C=O) groups is 4. The lowest BCUT2D eigenvalue weighted by Gasteiger charge is -2.44. The minimum atomic E-state index is -0.840. The number of carbonyl (C=O) groups excluding carboxylic acids is 4. The number of rotatable bonds is 8. The van der Waals surface area contributed by atoms with Crippen LogP contribution in [-0.2, 0) is 28.7 Å². The summed E-state index contributed by atoms with van der Waals surface area (Å²) in [5, 5.41) is 5.49. The lowest BCUT2D eigenvalue weighted by Crippen LogP contribution is -2.71. The summed E-state index contributed by atoms with van der Waals surface area (Å²) in [5.41, 5.74) is 1.10. The van der Waals surface area contributed by atoms with E-state index < -0.39 is 40.7 Å². The molecule has 2 N–H and O–H groups in total. The number of ether oxygens (including phenoxy) is 2. The SMILES string of the molecule is COC(=O)C=C(C)NC(C(=O)N[C@@H]1C(=O)N2[C@@H]1SC(C)(C)[C@@H]2C(=O)OCI)c1ccccc1. The zero-order valence-electron chi connectivity index (χ0n) is 18.7. The molecule has 2 heterocycles. The number of hydrogen-bond donors (Lipinski definition) is 2. The monoisotopic (exact) mass is 587 g/mol. The van der Waals surface area contributed by atoms with E-state index >= 15 is 0 Å². The molecular formula is C22H26IN3O6S. The molecule has 178 valence electrons. The van der Waals surface area contributed by atoms with Gasteiger partial charge in [-0.1, -0.05) is 30.3 Å². The molecule has 2 aliphatic heterocycles. The molecule has 3 rings (SSSR count). The lowest BCUT2D eigenvalue weighted by atomic mass is 9.95. The second kappa shape index (κ2) is 10.3. The number of fused-ring (bicyclic) bond motifs is 1. The molecule has 2 fully saturated rings. The maximum atomic E-state index is 13.3. The summed E-state index contributed by atoms with van der Waals surface area (Å²) in [6.07, 6.45) is 1.25. The van der Waals surface area contributed by atoms with Crippen molar-refractivity contribution in [1.29, 1.82) is 0 Å².